The van der Waals surface area contributed by atoms with E-state index in [0.717, 1.165) is 35.1 Å². The molecule has 0 fully saturated rings. The van der Waals surface area contributed by atoms with E-state index in [2.05, 4.69) is 29.0 Å². The van der Waals surface area contributed by atoms with Crippen molar-refractivity contribution in [2.45, 2.75) is 26.3 Å². The number of rotatable bonds is 10. The fourth-order valence-electron chi connectivity index (χ4n) is 3.86. The Morgan fingerprint density at radius 3 is 2.56 bits per heavy atom. The highest BCUT2D eigenvalue weighted by Crippen LogP contribution is 2.32. The third kappa shape index (κ3) is 6.02. The minimum atomic E-state index is -0.382. The molecule has 174 valence electrons. The van der Waals surface area contributed by atoms with Crippen LogP contribution >= 0.6 is 11.3 Å². The smallest absolute Gasteiger partial charge is 0.344 e. The molecule has 0 N–H and O–H groups in total. The van der Waals surface area contributed by atoms with Crippen molar-refractivity contribution < 1.29 is 14.3 Å². The monoisotopic (exact) mass is 473 g/mol. The van der Waals surface area contributed by atoms with Crippen LogP contribution in [0.3, 0.4) is 0 Å². The molecule has 0 bridgehead atoms. The van der Waals surface area contributed by atoms with E-state index in [4.69, 9.17) is 9.47 Å². The largest absolute Gasteiger partial charge is 0.482 e. The highest BCUT2D eigenvalue weighted by molar-refractivity contribution is 7.08. The number of carbonyl (C=O) groups excluding carboxylic acids is 1. The number of carbonyl (C=O) groups is 1. The van der Waals surface area contributed by atoms with Crippen LogP contribution in [0.25, 0.3) is 22.3 Å². The van der Waals surface area contributed by atoms with Crippen LogP contribution in [0.2, 0.25) is 0 Å². The zero-order valence-corrected chi connectivity index (χ0v) is 19.9. The molecule has 0 spiro atoms. The average molecular weight is 474 g/mol. The minimum absolute atomic E-state index is 0.0108. The number of ether oxygens (including phenoxy) is 2. The average Bonchev–Trinajstić information content (AvgIpc) is 3.39. The van der Waals surface area contributed by atoms with Crippen molar-refractivity contribution in [2.24, 2.45) is 0 Å². The van der Waals surface area contributed by atoms with Gasteiger partial charge in [-0.2, -0.15) is 11.3 Å². The summed E-state index contributed by atoms with van der Waals surface area (Å²) in [5.74, 6) is 0.252. The van der Waals surface area contributed by atoms with Crippen LogP contribution in [0, 0.1) is 0 Å². The molecule has 4 aromatic rings. The maximum Gasteiger partial charge on any atom is 0.344 e. The fourth-order valence-corrected chi connectivity index (χ4v) is 4.51. The van der Waals surface area contributed by atoms with Gasteiger partial charge in [-0.15, -0.1) is 0 Å². The first-order valence-corrected chi connectivity index (χ1v) is 12.3. The Bertz CT molecular complexity index is 1290. The summed E-state index contributed by atoms with van der Waals surface area (Å²) in [5, 5.41) is 4.21. The summed E-state index contributed by atoms with van der Waals surface area (Å²) in [7, 11) is 0. The number of thiophene rings is 1. The summed E-state index contributed by atoms with van der Waals surface area (Å²) >= 11 is 1.67. The van der Waals surface area contributed by atoms with Crippen LogP contribution < -0.4 is 10.3 Å². The van der Waals surface area contributed by atoms with Crippen molar-refractivity contribution in [3.05, 3.63) is 99.6 Å². The van der Waals surface area contributed by atoms with Gasteiger partial charge in [0.25, 0.3) is 5.56 Å². The summed E-state index contributed by atoms with van der Waals surface area (Å²) in [6, 6.07) is 21.6. The summed E-state index contributed by atoms with van der Waals surface area (Å²) in [6.07, 6.45) is 3.54. The van der Waals surface area contributed by atoms with E-state index in [9.17, 15) is 9.59 Å². The van der Waals surface area contributed by atoms with Crippen molar-refractivity contribution in [3.8, 4) is 28.0 Å². The van der Waals surface area contributed by atoms with Crippen LogP contribution in [0.4, 0.5) is 0 Å². The lowest BCUT2D eigenvalue weighted by atomic mass is 9.97. The lowest BCUT2D eigenvalue weighted by molar-refractivity contribution is -0.145. The third-order valence-corrected chi connectivity index (χ3v) is 6.16. The van der Waals surface area contributed by atoms with Gasteiger partial charge < -0.3 is 14.0 Å². The maximum atomic E-state index is 12.5. The van der Waals surface area contributed by atoms with Gasteiger partial charge in [-0.05, 0) is 82.6 Å². The van der Waals surface area contributed by atoms with Gasteiger partial charge in [0.05, 0.1) is 6.61 Å². The molecule has 0 aliphatic carbocycles. The molecule has 2 aromatic heterocycles. The van der Waals surface area contributed by atoms with Crippen LogP contribution in [-0.2, 0) is 22.5 Å². The summed E-state index contributed by atoms with van der Waals surface area (Å²) in [4.78, 5) is 24.0. The normalized spacial score (nSPS) is 10.7. The standard InChI is InChI=1S/C28H27NO4S/c1-2-32-28(31)19-33-24-9-5-7-21(17-24)8-6-15-29-18-22(12-13-27(29)30)25-10-3-4-11-26(25)23-14-16-34-20-23/h3-5,7,9-14,16-18,20H,2,6,8,15,19H2,1H3. The number of esters is 1. The maximum absolute atomic E-state index is 12.5. The molecule has 2 heterocycles. The van der Waals surface area contributed by atoms with Gasteiger partial charge in [0.15, 0.2) is 6.61 Å². The summed E-state index contributed by atoms with van der Waals surface area (Å²) < 4.78 is 12.2. The first kappa shape index (κ1) is 23.5. The second kappa shape index (κ2) is 11.5. The van der Waals surface area contributed by atoms with Crippen LogP contribution in [-0.4, -0.2) is 23.8 Å². The highest BCUT2D eigenvalue weighted by atomic mass is 32.1. The minimum Gasteiger partial charge on any atom is -0.482 e. The van der Waals surface area contributed by atoms with Crippen molar-refractivity contribution in [2.75, 3.05) is 13.2 Å². The Morgan fingerprint density at radius 1 is 0.971 bits per heavy atom. The quantitative estimate of drug-likeness (QED) is 0.272. The number of benzene rings is 2. The van der Waals surface area contributed by atoms with E-state index < -0.39 is 0 Å². The first-order valence-electron chi connectivity index (χ1n) is 11.3. The van der Waals surface area contributed by atoms with Gasteiger partial charge in [0.1, 0.15) is 5.75 Å². The van der Waals surface area contributed by atoms with Crippen molar-refractivity contribution in [1.82, 2.24) is 4.57 Å². The summed E-state index contributed by atoms with van der Waals surface area (Å²) in [5.41, 5.74) is 5.56. The lowest BCUT2D eigenvalue weighted by Gasteiger charge is -2.12. The molecule has 34 heavy (non-hydrogen) atoms. The number of aryl methyl sites for hydroxylation is 2. The van der Waals surface area contributed by atoms with Gasteiger partial charge in [-0.1, -0.05) is 36.4 Å². The Balaban J connectivity index is 1.43. The van der Waals surface area contributed by atoms with E-state index in [1.807, 2.05) is 48.7 Å². The number of nitrogens with zero attached hydrogens (tertiary/aromatic N) is 1. The van der Waals surface area contributed by atoms with Crippen molar-refractivity contribution in [1.29, 1.82) is 0 Å². The van der Waals surface area contributed by atoms with E-state index in [1.54, 1.807) is 28.9 Å². The zero-order chi connectivity index (χ0) is 23.8. The number of hydrogen-bond acceptors (Lipinski definition) is 5. The Hall–Kier alpha value is -3.64. The van der Waals surface area contributed by atoms with Crippen molar-refractivity contribution in [3.63, 3.8) is 0 Å². The third-order valence-electron chi connectivity index (χ3n) is 5.48. The molecule has 0 radical (unpaired) electrons. The van der Waals surface area contributed by atoms with E-state index in [0.29, 0.717) is 18.9 Å². The number of hydrogen-bond donors (Lipinski definition) is 0. The molecule has 0 saturated carbocycles. The Kier molecular flexibility index (Phi) is 7.94. The Morgan fingerprint density at radius 2 is 1.79 bits per heavy atom. The summed E-state index contributed by atoms with van der Waals surface area (Å²) in [6.45, 7) is 2.61. The van der Waals surface area contributed by atoms with Gasteiger partial charge in [-0.25, -0.2) is 4.79 Å². The van der Waals surface area contributed by atoms with Crippen LogP contribution in [0.1, 0.15) is 18.9 Å². The molecule has 0 aliphatic heterocycles. The number of aromatic nitrogens is 1. The molecular formula is C28H27NO4S. The zero-order valence-electron chi connectivity index (χ0n) is 19.1. The van der Waals surface area contributed by atoms with Gasteiger partial charge in [-0.3, -0.25) is 4.79 Å². The molecule has 0 amide bonds. The Labute approximate surface area is 203 Å². The second-order valence-electron chi connectivity index (χ2n) is 7.85. The van der Waals surface area contributed by atoms with E-state index in [-0.39, 0.29) is 18.1 Å². The lowest BCUT2D eigenvalue weighted by Crippen LogP contribution is -2.19. The molecule has 0 aliphatic rings. The second-order valence-corrected chi connectivity index (χ2v) is 8.63. The van der Waals surface area contributed by atoms with Crippen LogP contribution in [0.5, 0.6) is 5.75 Å². The molecule has 6 heteroatoms. The predicted molar refractivity (Wildman–Crippen MR) is 136 cm³/mol. The molecule has 0 unspecified atom stereocenters. The van der Waals surface area contributed by atoms with Crippen LogP contribution in [0.15, 0.2) is 88.5 Å². The van der Waals surface area contributed by atoms with Crippen molar-refractivity contribution >= 4 is 17.3 Å². The first-order chi connectivity index (χ1) is 16.6. The SMILES string of the molecule is CCOC(=O)COc1cccc(CCCn2cc(-c3ccccc3-c3ccsc3)ccc2=O)c1. The van der Waals surface area contributed by atoms with E-state index >= 15 is 0 Å². The molecule has 0 atom stereocenters. The topological polar surface area (TPSA) is 57.5 Å². The molecular weight excluding hydrogens is 446 g/mol. The predicted octanol–water partition coefficient (Wildman–Crippen LogP) is 5.82. The molecule has 4 rings (SSSR count). The van der Waals surface area contributed by atoms with Gasteiger partial charge in [0.2, 0.25) is 0 Å². The van der Waals surface area contributed by atoms with E-state index in [1.165, 1.54) is 5.56 Å². The fraction of sp³-hybridized carbons (Fsp3) is 0.214. The highest BCUT2D eigenvalue weighted by Gasteiger charge is 2.09. The molecule has 0 saturated heterocycles. The molecule has 5 nitrogen and oxygen atoms in total. The number of pyridine rings is 1. The molecule has 2 aromatic carbocycles. The van der Waals surface area contributed by atoms with Gasteiger partial charge >= 0.3 is 5.97 Å². The van der Waals surface area contributed by atoms with Gasteiger partial charge in [0, 0.05) is 18.8 Å².